The van der Waals surface area contributed by atoms with Crippen molar-refractivity contribution in [3.63, 3.8) is 0 Å². The topological polar surface area (TPSA) is 63.6 Å². The number of ether oxygens (including phenoxy) is 1. The summed E-state index contributed by atoms with van der Waals surface area (Å²) < 4.78 is 4.75. The summed E-state index contributed by atoms with van der Waals surface area (Å²) in [6, 6.07) is 12.1. The summed E-state index contributed by atoms with van der Waals surface area (Å²) in [6.07, 6.45) is 0.894. The van der Waals surface area contributed by atoms with Crippen LogP contribution in [0.4, 0.5) is 0 Å². The molecule has 108 valence electrons. The van der Waals surface area contributed by atoms with Crippen LogP contribution in [0.5, 0.6) is 0 Å². The lowest BCUT2D eigenvalue weighted by molar-refractivity contribution is 0.0601. The van der Waals surface area contributed by atoms with Gasteiger partial charge in [0.05, 0.1) is 18.2 Å². The van der Waals surface area contributed by atoms with Crippen molar-refractivity contribution in [1.29, 1.82) is 0 Å². The Kier molecular flexibility index (Phi) is 4.38. The third-order valence-corrected chi connectivity index (χ3v) is 3.35. The molecule has 0 unspecified atom stereocenters. The van der Waals surface area contributed by atoms with Gasteiger partial charge in [-0.05, 0) is 29.7 Å². The number of carbonyl (C=O) groups excluding carboxylic acids is 1. The predicted octanol–water partition coefficient (Wildman–Crippen LogP) is 3.40. The largest absolute Gasteiger partial charge is 0.478 e. The molecule has 0 radical (unpaired) electrons. The summed E-state index contributed by atoms with van der Waals surface area (Å²) in [5, 5.41) is 9.35. The number of aromatic carboxylic acids is 1. The zero-order chi connectivity index (χ0) is 15.4. The van der Waals surface area contributed by atoms with Crippen molar-refractivity contribution in [1.82, 2.24) is 0 Å². The van der Waals surface area contributed by atoms with E-state index in [9.17, 15) is 14.7 Å². The van der Waals surface area contributed by atoms with E-state index in [0.29, 0.717) is 11.1 Å². The quantitative estimate of drug-likeness (QED) is 0.874. The molecule has 0 spiro atoms. The van der Waals surface area contributed by atoms with Gasteiger partial charge in [0, 0.05) is 5.56 Å². The molecule has 0 fully saturated rings. The Bertz CT molecular complexity index is 672. The van der Waals surface area contributed by atoms with Crippen LogP contribution in [0.15, 0.2) is 42.5 Å². The molecular formula is C17H16O4. The van der Waals surface area contributed by atoms with Gasteiger partial charge < -0.3 is 9.84 Å². The Morgan fingerprint density at radius 1 is 1.05 bits per heavy atom. The Morgan fingerprint density at radius 2 is 1.67 bits per heavy atom. The number of benzene rings is 2. The molecule has 4 nitrogen and oxygen atoms in total. The lowest BCUT2D eigenvalue weighted by Gasteiger charge is -2.12. The normalized spacial score (nSPS) is 10.2. The molecule has 0 aromatic heterocycles. The third-order valence-electron chi connectivity index (χ3n) is 3.35. The van der Waals surface area contributed by atoms with Gasteiger partial charge in [0.1, 0.15) is 0 Å². The van der Waals surface area contributed by atoms with Crippen LogP contribution in [0.2, 0.25) is 0 Å². The smallest absolute Gasteiger partial charge is 0.338 e. The van der Waals surface area contributed by atoms with Gasteiger partial charge in [-0.25, -0.2) is 9.59 Å². The second-order valence-corrected chi connectivity index (χ2v) is 4.58. The fourth-order valence-corrected chi connectivity index (χ4v) is 2.23. The first kappa shape index (κ1) is 14.8. The molecule has 0 bridgehead atoms. The monoisotopic (exact) mass is 284 g/mol. The van der Waals surface area contributed by atoms with Crippen LogP contribution in [0.25, 0.3) is 11.1 Å². The number of aryl methyl sites for hydroxylation is 1. The van der Waals surface area contributed by atoms with Crippen LogP contribution in [-0.2, 0) is 11.2 Å². The second-order valence-electron chi connectivity index (χ2n) is 4.58. The first-order valence-corrected chi connectivity index (χ1v) is 6.62. The molecule has 2 aromatic carbocycles. The van der Waals surface area contributed by atoms with Crippen molar-refractivity contribution in [2.75, 3.05) is 7.11 Å². The molecular weight excluding hydrogens is 268 g/mol. The number of methoxy groups -OCH3 is 1. The lowest BCUT2D eigenvalue weighted by Crippen LogP contribution is -2.08. The molecule has 4 heteroatoms. The van der Waals surface area contributed by atoms with Crippen LogP contribution in [0.1, 0.15) is 33.2 Å². The minimum Gasteiger partial charge on any atom is -0.478 e. The number of carbonyl (C=O) groups is 2. The molecule has 2 aromatic rings. The summed E-state index contributed by atoms with van der Waals surface area (Å²) in [6.45, 7) is 2.04. The van der Waals surface area contributed by atoms with E-state index in [1.807, 2.05) is 31.2 Å². The van der Waals surface area contributed by atoms with Gasteiger partial charge >= 0.3 is 11.9 Å². The maximum absolute atomic E-state index is 11.9. The summed E-state index contributed by atoms with van der Waals surface area (Å²) in [5.41, 5.74) is 2.56. The molecule has 0 atom stereocenters. The van der Waals surface area contributed by atoms with Crippen LogP contribution < -0.4 is 0 Å². The number of hydrogen-bond acceptors (Lipinski definition) is 3. The first-order valence-electron chi connectivity index (χ1n) is 6.62. The van der Waals surface area contributed by atoms with E-state index in [4.69, 9.17) is 4.74 Å². The van der Waals surface area contributed by atoms with Crippen LogP contribution in [0, 0.1) is 0 Å². The summed E-state index contributed by atoms with van der Waals surface area (Å²) in [5.74, 6) is -1.62. The second kappa shape index (κ2) is 6.22. The van der Waals surface area contributed by atoms with Gasteiger partial charge in [0.25, 0.3) is 0 Å². The molecule has 0 saturated heterocycles. The van der Waals surface area contributed by atoms with E-state index in [-0.39, 0.29) is 11.1 Å². The van der Waals surface area contributed by atoms with E-state index >= 15 is 0 Å². The lowest BCUT2D eigenvalue weighted by atomic mass is 9.93. The van der Waals surface area contributed by atoms with Crippen molar-refractivity contribution >= 4 is 11.9 Å². The number of carboxylic acid groups (broad SMARTS) is 1. The fraction of sp³-hybridized carbons (Fsp3) is 0.176. The number of hydrogen-bond donors (Lipinski definition) is 1. The molecule has 0 aliphatic heterocycles. The predicted molar refractivity (Wildman–Crippen MR) is 79.6 cm³/mol. The first-order chi connectivity index (χ1) is 10.1. The standard InChI is InChI=1S/C17H16O4/c1-3-11-7-9-12(10-8-11)15-13(16(18)19)5-4-6-14(15)17(20)21-2/h4-10H,3H2,1-2H3,(H,18,19). The van der Waals surface area contributed by atoms with E-state index < -0.39 is 11.9 Å². The number of esters is 1. The van der Waals surface area contributed by atoms with Gasteiger partial charge in [0.15, 0.2) is 0 Å². The average molecular weight is 284 g/mol. The van der Waals surface area contributed by atoms with Crippen molar-refractivity contribution in [2.24, 2.45) is 0 Å². The highest BCUT2D eigenvalue weighted by Crippen LogP contribution is 2.29. The zero-order valence-electron chi connectivity index (χ0n) is 11.9. The highest BCUT2D eigenvalue weighted by Gasteiger charge is 2.20. The Labute approximate surface area is 123 Å². The number of carboxylic acids is 1. The van der Waals surface area contributed by atoms with E-state index in [2.05, 4.69) is 0 Å². The van der Waals surface area contributed by atoms with Crippen LogP contribution in [0.3, 0.4) is 0 Å². The third kappa shape index (κ3) is 2.94. The SMILES string of the molecule is CCc1ccc(-c2c(C(=O)O)cccc2C(=O)OC)cc1. The minimum atomic E-state index is -1.07. The molecule has 0 heterocycles. The van der Waals surface area contributed by atoms with Gasteiger partial charge in [0.2, 0.25) is 0 Å². The molecule has 0 amide bonds. The van der Waals surface area contributed by atoms with Crippen molar-refractivity contribution in [3.05, 3.63) is 59.2 Å². The Morgan fingerprint density at radius 3 is 2.19 bits per heavy atom. The summed E-state index contributed by atoms with van der Waals surface area (Å²) >= 11 is 0. The van der Waals surface area contributed by atoms with E-state index in [0.717, 1.165) is 12.0 Å². The Balaban J connectivity index is 2.67. The van der Waals surface area contributed by atoms with Gasteiger partial charge in [-0.1, -0.05) is 37.3 Å². The molecule has 0 aliphatic rings. The molecule has 21 heavy (non-hydrogen) atoms. The molecule has 0 aliphatic carbocycles. The fourth-order valence-electron chi connectivity index (χ4n) is 2.23. The molecule has 1 N–H and O–H groups in total. The summed E-state index contributed by atoms with van der Waals surface area (Å²) in [7, 11) is 1.28. The van der Waals surface area contributed by atoms with E-state index in [1.165, 1.54) is 13.2 Å². The average Bonchev–Trinajstić information content (AvgIpc) is 2.53. The van der Waals surface area contributed by atoms with Crippen molar-refractivity contribution < 1.29 is 19.4 Å². The Hall–Kier alpha value is -2.62. The maximum Gasteiger partial charge on any atom is 0.338 e. The van der Waals surface area contributed by atoms with Crippen molar-refractivity contribution in [3.8, 4) is 11.1 Å². The summed E-state index contributed by atoms with van der Waals surface area (Å²) in [4.78, 5) is 23.3. The molecule has 2 rings (SSSR count). The highest BCUT2D eigenvalue weighted by atomic mass is 16.5. The highest BCUT2D eigenvalue weighted by molar-refractivity contribution is 6.05. The van der Waals surface area contributed by atoms with Gasteiger partial charge in [-0.15, -0.1) is 0 Å². The van der Waals surface area contributed by atoms with Crippen LogP contribution in [-0.4, -0.2) is 24.2 Å². The minimum absolute atomic E-state index is 0.0853. The van der Waals surface area contributed by atoms with E-state index in [1.54, 1.807) is 12.1 Å². The maximum atomic E-state index is 11.9. The van der Waals surface area contributed by atoms with Crippen molar-refractivity contribution in [2.45, 2.75) is 13.3 Å². The molecule has 0 saturated carbocycles. The number of rotatable bonds is 4. The van der Waals surface area contributed by atoms with Crippen LogP contribution >= 0.6 is 0 Å². The zero-order valence-corrected chi connectivity index (χ0v) is 11.9. The van der Waals surface area contributed by atoms with Gasteiger partial charge in [-0.3, -0.25) is 0 Å². The van der Waals surface area contributed by atoms with Gasteiger partial charge in [-0.2, -0.15) is 0 Å².